The SMILES string of the molecule is CCC[C@H](CC(=O)c1ccc(P(c2ccccc2)c2ccccc2)cc1)C(=O)NCCN=[N+]=[N-]. The maximum absolute atomic E-state index is 13.0. The van der Waals surface area contributed by atoms with E-state index >= 15 is 0 Å². The van der Waals surface area contributed by atoms with Gasteiger partial charge in [0.05, 0.1) is 0 Å². The normalized spacial score (nSPS) is 11.5. The average Bonchev–Trinajstić information content (AvgIpc) is 2.88. The van der Waals surface area contributed by atoms with Crippen molar-refractivity contribution in [2.75, 3.05) is 13.1 Å². The Morgan fingerprint density at radius 3 is 2.00 bits per heavy atom. The first kappa shape index (κ1) is 25.2. The van der Waals surface area contributed by atoms with Crippen LogP contribution in [-0.2, 0) is 4.79 Å². The summed E-state index contributed by atoms with van der Waals surface area (Å²) in [5.74, 6) is -0.607. The van der Waals surface area contributed by atoms with E-state index in [4.69, 9.17) is 5.53 Å². The number of Topliss-reactive ketones (excluding diaryl/α,β-unsaturated/α-hetero) is 1. The lowest BCUT2D eigenvalue weighted by Crippen LogP contribution is -2.33. The van der Waals surface area contributed by atoms with Crippen molar-refractivity contribution in [3.8, 4) is 0 Å². The minimum absolute atomic E-state index is 0.0426. The van der Waals surface area contributed by atoms with Gasteiger partial charge in [0.15, 0.2) is 5.78 Å². The van der Waals surface area contributed by atoms with E-state index in [2.05, 4.69) is 63.9 Å². The summed E-state index contributed by atoms with van der Waals surface area (Å²) >= 11 is 0. The summed E-state index contributed by atoms with van der Waals surface area (Å²) in [5, 5.41) is 9.87. The zero-order valence-corrected chi connectivity index (χ0v) is 20.2. The van der Waals surface area contributed by atoms with E-state index in [1.54, 1.807) is 0 Å². The smallest absolute Gasteiger partial charge is 0.223 e. The molecule has 0 spiro atoms. The van der Waals surface area contributed by atoms with Gasteiger partial charge in [0.25, 0.3) is 0 Å². The minimum Gasteiger partial charge on any atom is -0.356 e. The van der Waals surface area contributed by atoms with Crippen molar-refractivity contribution in [2.24, 2.45) is 11.0 Å². The van der Waals surface area contributed by atoms with Gasteiger partial charge in [-0.3, -0.25) is 9.59 Å². The number of ketones is 1. The molecular formula is C27H29N4O2P. The molecule has 1 N–H and O–H groups in total. The van der Waals surface area contributed by atoms with Crippen LogP contribution in [0.3, 0.4) is 0 Å². The van der Waals surface area contributed by atoms with Crippen LogP contribution in [0.15, 0.2) is 90.0 Å². The van der Waals surface area contributed by atoms with Crippen molar-refractivity contribution in [2.45, 2.75) is 26.2 Å². The largest absolute Gasteiger partial charge is 0.356 e. The standard InChI is InChI=1S/C27H29N4O2P/c1-2-9-22(27(33)29-18-19-30-31-28)20-26(32)21-14-16-25(17-15-21)34(23-10-5-3-6-11-23)24-12-7-4-8-13-24/h3-8,10-17,22H,2,9,18-20H2,1H3,(H,29,33)/t22-/m1/s1. The average molecular weight is 473 g/mol. The maximum Gasteiger partial charge on any atom is 0.223 e. The Hall–Kier alpha value is -3.46. The van der Waals surface area contributed by atoms with Gasteiger partial charge in [0.1, 0.15) is 0 Å². The fourth-order valence-corrected chi connectivity index (χ4v) is 6.11. The second-order valence-corrected chi connectivity index (χ2v) is 10.1. The van der Waals surface area contributed by atoms with Gasteiger partial charge in [-0.25, -0.2) is 0 Å². The summed E-state index contributed by atoms with van der Waals surface area (Å²) in [6, 6.07) is 28.7. The van der Waals surface area contributed by atoms with Crippen molar-refractivity contribution in [1.82, 2.24) is 5.32 Å². The van der Waals surface area contributed by atoms with Crippen molar-refractivity contribution in [3.05, 3.63) is 101 Å². The van der Waals surface area contributed by atoms with E-state index in [1.165, 1.54) is 15.9 Å². The highest BCUT2D eigenvalue weighted by Crippen LogP contribution is 2.32. The molecule has 3 aromatic carbocycles. The third kappa shape index (κ3) is 7.02. The molecule has 0 saturated heterocycles. The molecule has 6 nitrogen and oxygen atoms in total. The second kappa shape index (κ2) is 13.3. The minimum atomic E-state index is -0.730. The predicted molar refractivity (Wildman–Crippen MR) is 140 cm³/mol. The van der Waals surface area contributed by atoms with Gasteiger partial charge in [0, 0.05) is 35.9 Å². The summed E-state index contributed by atoms with van der Waals surface area (Å²) < 4.78 is 0. The van der Waals surface area contributed by atoms with Crippen molar-refractivity contribution < 1.29 is 9.59 Å². The van der Waals surface area contributed by atoms with E-state index in [0.717, 1.165) is 6.42 Å². The molecule has 0 bridgehead atoms. The van der Waals surface area contributed by atoms with Crippen LogP contribution in [0.2, 0.25) is 0 Å². The molecule has 0 aliphatic heterocycles. The van der Waals surface area contributed by atoms with Crippen molar-refractivity contribution >= 4 is 35.5 Å². The van der Waals surface area contributed by atoms with Crippen LogP contribution in [0.4, 0.5) is 0 Å². The number of benzene rings is 3. The number of amides is 1. The molecule has 0 unspecified atom stereocenters. The third-order valence-electron chi connectivity index (χ3n) is 5.49. The first-order valence-electron chi connectivity index (χ1n) is 11.5. The fourth-order valence-electron chi connectivity index (χ4n) is 3.83. The topological polar surface area (TPSA) is 94.9 Å². The Morgan fingerprint density at radius 1 is 0.912 bits per heavy atom. The first-order valence-corrected chi connectivity index (χ1v) is 12.8. The summed E-state index contributed by atoms with van der Waals surface area (Å²) in [6.07, 6.45) is 1.59. The molecule has 7 heteroatoms. The molecule has 1 atom stereocenters. The summed E-state index contributed by atoms with van der Waals surface area (Å²) in [7, 11) is -0.730. The summed E-state index contributed by atoms with van der Waals surface area (Å²) in [4.78, 5) is 28.2. The summed E-state index contributed by atoms with van der Waals surface area (Å²) in [5.41, 5.74) is 8.97. The van der Waals surface area contributed by atoms with Gasteiger partial charge in [-0.15, -0.1) is 0 Å². The highest BCUT2D eigenvalue weighted by Gasteiger charge is 2.22. The lowest BCUT2D eigenvalue weighted by molar-refractivity contribution is -0.125. The Kier molecular flexibility index (Phi) is 9.84. The fraction of sp³-hybridized carbons (Fsp3) is 0.259. The number of azide groups is 1. The van der Waals surface area contributed by atoms with Crippen LogP contribution in [0.1, 0.15) is 36.5 Å². The number of nitrogens with one attached hydrogen (secondary N) is 1. The Morgan fingerprint density at radius 2 is 1.47 bits per heavy atom. The zero-order valence-electron chi connectivity index (χ0n) is 19.3. The predicted octanol–water partition coefficient (Wildman–Crippen LogP) is 4.86. The number of hydrogen-bond donors (Lipinski definition) is 1. The maximum atomic E-state index is 13.0. The molecule has 3 aromatic rings. The number of carbonyl (C=O) groups excluding carboxylic acids is 2. The Labute approximate surface area is 201 Å². The van der Waals surface area contributed by atoms with E-state index in [0.29, 0.717) is 12.0 Å². The van der Waals surface area contributed by atoms with Gasteiger partial charge >= 0.3 is 0 Å². The first-order chi connectivity index (χ1) is 16.6. The highest BCUT2D eigenvalue weighted by molar-refractivity contribution is 7.79. The van der Waals surface area contributed by atoms with Crippen LogP contribution in [-0.4, -0.2) is 24.8 Å². The van der Waals surface area contributed by atoms with Crippen molar-refractivity contribution in [1.29, 1.82) is 0 Å². The molecule has 0 fully saturated rings. The molecule has 34 heavy (non-hydrogen) atoms. The van der Waals surface area contributed by atoms with Gasteiger partial charge in [-0.1, -0.05) is 103 Å². The van der Waals surface area contributed by atoms with Gasteiger partial charge < -0.3 is 5.32 Å². The molecule has 0 saturated carbocycles. The molecule has 0 heterocycles. The zero-order chi connectivity index (χ0) is 24.2. The lowest BCUT2D eigenvalue weighted by Gasteiger charge is -2.20. The van der Waals surface area contributed by atoms with E-state index in [9.17, 15) is 9.59 Å². The summed E-state index contributed by atoms with van der Waals surface area (Å²) in [6.45, 7) is 2.46. The molecule has 3 rings (SSSR count). The number of rotatable bonds is 12. The molecule has 0 aliphatic carbocycles. The van der Waals surface area contributed by atoms with Crippen LogP contribution < -0.4 is 21.2 Å². The van der Waals surface area contributed by atoms with Crippen LogP contribution >= 0.6 is 7.92 Å². The lowest BCUT2D eigenvalue weighted by atomic mass is 9.93. The molecule has 0 aromatic heterocycles. The Balaban J connectivity index is 1.75. The monoisotopic (exact) mass is 472 g/mol. The number of hydrogen-bond acceptors (Lipinski definition) is 3. The van der Waals surface area contributed by atoms with Gasteiger partial charge in [0.2, 0.25) is 5.91 Å². The molecular weight excluding hydrogens is 443 g/mol. The van der Waals surface area contributed by atoms with E-state index in [-0.39, 0.29) is 31.2 Å². The number of carbonyl (C=O) groups is 2. The quantitative estimate of drug-likeness (QED) is 0.102. The molecule has 0 radical (unpaired) electrons. The van der Waals surface area contributed by atoms with Gasteiger partial charge in [-0.2, -0.15) is 0 Å². The van der Waals surface area contributed by atoms with Crippen molar-refractivity contribution in [3.63, 3.8) is 0 Å². The van der Waals surface area contributed by atoms with Crippen LogP contribution in [0.5, 0.6) is 0 Å². The molecule has 1 amide bonds. The Bertz CT molecular complexity index is 1070. The second-order valence-electron chi connectivity index (χ2n) is 7.91. The molecule has 0 aliphatic rings. The third-order valence-corrected chi connectivity index (χ3v) is 7.93. The van der Waals surface area contributed by atoms with Crippen LogP contribution in [0, 0.1) is 5.92 Å². The van der Waals surface area contributed by atoms with E-state index in [1.807, 2.05) is 43.3 Å². The van der Waals surface area contributed by atoms with E-state index < -0.39 is 13.8 Å². The number of nitrogens with zero attached hydrogens (tertiary/aromatic N) is 3. The van der Waals surface area contributed by atoms with Crippen LogP contribution in [0.25, 0.3) is 10.4 Å². The molecule has 174 valence electrons. The van der Waals surface area contributed by atoms with Gasteiger partial charge in [-0.05, 0) is 35.8 Å². The highest BCUT2D eigenvalue weighted by atomic mass is 31.1.